The standard InChI is InChI=1S/C17H24N2O5/c1-11(2)15(17(21)22-3)19-16(20)12-4-7-18-14(10-12)24-13-5-8-23-9-6-13/h4,7,10-11,13,15H,5-6,8-9H2,1-3H3,(H,19,20)/t15-/m0/s1. The maximum atomic E-state index is 12.4. The van der Waals surface area contributed by atoms with E-state index in [1.165, 1.54) is 13.3 Å². The summed E-state index contributed by atoms with van der Waals surface area (Å²) in [5, 5.41) is 2.70. The molecule has 2 rings (SSSR count). The van der Waals surface area contributed by atoms with Crippen LogP contribution in [0.3, 0.4) is 0 Å². The van der Waals surface area contributed by atoms with E-state index in [9.17, 15) is 9.59 Å². The SMILES string of the molecule is COC(=O)[C@@H](NC(=O)c1ccnc(OC2CCOCC2)c1)C(C)C. The first-order chi connectivity index (χ1) is 11.5. The van der Waals surface area contributed by atoms with Gasteiger partial charge in [-0.25, -0.2) is 9.78 Å². The first-order valence-corrected chi connectivity index (χ1v) is 8.10. The monoisotopic (exact) mass is 336 g/mol. The number of rotatable bonds is 6. The molecule has 1 fully saturated rings. The highest BCUT2D eigenvalue weighted by atomic mass is 16.5. The Morgan fingerprint density at radius 2 is 2.04 bits per heavy atom. The van der Waals surface area contributed by atoms with Crippen molar-refractivity contribution in [1.82, 2.24) is 10.3 Å². The van der Waals surface area contributed by atoms with Gasteiger partial charge in [0.2, 0.25) is 5.88 Å². The van der Waals surface area contributed by atoms with Crippen molar-refractivity contribution in [2.24, 2.45) is 5.92 Å². The van der Waals surface area contributed by atoms with Crippen molar-refractivity contribution in [2.75, 3.05) is 20.3 Å². The Kier molecular flexibility index (Phi) is 6.54. The largest absolute Gasteiger partial charge is 0.474 e. The van der Waals surface area contributed by atoms with Gasteiger partial charge in [0.05, 0.1) is 20.3 Å². The maximum absolute atomic E-state index is 12.4. The molecule has 1 aliphatic heterocycles. The molecule has 1 saturated heterocycles. The molecule has 0 radical (unpaired) electrons. The van der Waals surface area contributed by atoms with Gasteiger partial charge in [0.15, 0.2) is 0 Å². The Balaban J connectivity index is 2.03. The van der Waals surface area contributed by atoms with Crippen LogP contribution in [0.25, 0.3) is 0 Å². The lowest BCUT2D eigenvalue weighted by atomic mass is 10.0. The molecular weight excluding hydrogens is 312 g/mol. The summed E-state index contributed by atoms with van der Waals surface area (Å²) < 4.78 is 15.8. The Morgan fingerprint density at radius 3 is 2.67 bits per heavy atom. The molecule has 1 amide bonds. The zero-order valence-corrected chi connectivity index (χ0v) is 14.3. The summed E-state index contributed by atoms with van der Waals surface area (Å²) in [6.45, 7) is 5.02. The molecule has 1 aromatic rings. The molecule has 0 unspecified atom stereocenters. The van der Waals surface area contributed by atoms with E-state index in [2.05, 4.69) is 10.3 Å². The number of aromatic nitrogens is 1. The average Bonchev–Trinajstić information content (AvgIpc) is 2.59. The fourth-order valence-corrected chi connectivity index (χ4v) is 2.43. The minimum absolute atomic E-state index is 0.0445. The molecule has 1 atom stereocenters. The molecule has 24 heavy (non-hydrogen) atoms. The molecule has 132 valence electrons. The Labute approximate surface area is 141 Å². The summed E-state index contributed by atoms with van der Waals surface area (Å²) in [5.41, 5.74) is 0.390. The predicted octanol–water partition coefficient (Wildman–Crippen LogP) is 1.57. The summed E-state index contributed by atoms with van der Waals surface area (Å²) in [6, 6.07) is 2.47. The van der Waals surface area contributed by atoms with E-state index in [-0.39, 0.29) is 17.9 Å². The molecule has 2 heterocycles. The number of pyridine rings is 1. The normalized spacial score (nSPS) is 16.5. The highest BCUT2D eigenvalue weighted by Gasteiger charge is 2.25. The van der Waals surface area contributed by atoms with Crippen molar-refractivity contribution in [1.29, 1.82) is 0 Å². The van der Waals surface area contributed by atoms with E-state index in [0.717, 1.165) is 12.8 Å². The lowest BCUT2D eigenvalue weighted by Crippen LogP contribution is -2.45. The van der Waals surface area contributed by atoms with Crippen molar-refractivity contribution < 1.29 is 23.8 Å². The van der Waals surface area contributed by atoms with Crippen molar-refractivity contribution in [2.45, 2.75) is 38.8 Å². The van der Waals surface area contributed by atoms with Gasteiger partial charge in [0.1, 0.15) is 12.1 Å². The molecule has 1 aromatic heterocycles. The molecule has 0 spiro atoms. The molecule has 7 nitrogen and oxygen atoms in total. The van der Waals surface area contributed by atoms with Gasteiger partial charge in [-0.15, -0.1) is 0 Å². The molecule has 0 aliphatic carbocycles. The second-order valence-electron chi connectivity index (χ2n) is 6.03. The van der Waals surface area contributed by atoms with Gasteiger partial charge in [0.25, 0.3) is 5.91 Å². The van der Waals surface area contributed by atoms with Gasteiger partial charge in [-0.2, -0.15) is 0 Å². The third-order valence-corrected chi connectivity index (χ3v) is 3.86. The Morgan fingerprint density at radius 1 is 1.33 bits per heavy atom. The molecule has 1 aliphatic rings. The van der Waals surface area contributed by atoms with Gasteiger partial charge in [-0.3, -0.25) is 4.79 Å². The number of amides is 1. The van der Waals surface area contributed by atoms with Crippen LogP contribution < -0.4 is 10.1 Å². The highest BCUT2D eigenvalue weighted by molar-refractivity contribution is 5.97. The van der Waals surface area contributed by atoms with E-state index in [1.54, 1.807) is 12.1 Å². The van der Waals surface area contributed by atoms with E-state index >= 15 is 0 Å². The number of hydrogen-bond donors (Lipinski definition) is 1. The van der Waals surface area contributed by atoms with E-state index < -0.39 is 12.0 Å². The number of hydrogen-bond acceptors (Lipinski definition) is 6. The topological polar surface area (TPSA) is 86.8 Å². The fourth-order valence-electron chi connectivity index (χ4n) is 2.43. The van der Waals surface area contributed by atoms with Crippen LogP contribution in [0.2, 0.25) is 0 Å². The number of ether oxygens (including phenoxy) is 3. The first kappa shape index (κ1) is 18.2. The maximum Gasteiger partial charge on any atom is 0.328 e. The molecule has 0 aromatic carbocycles. The molecule has 0 bridgehead atoms. The van der Waals surface area contributed by atoms with Crippen LogP contribution in [0.4, 0.5) is 0 Å². The number of nitrogens with one attached hydrogen (secondary N) is 1. The zero-order chi connectivity index (χ0) is 17.5. The average molecular weight is 336 g/mol. The fraction of sp³-hybridized carbons (Fsp3) is 0.588. The molecule has 1 N–H and O–H groups in total. The Bertz CT molecular complexity index is 570. The van der Waals surface area contributed by atoms with Crippen LogP contribution in [0.1, 0.15) is 37.0 Å². The summed E-state index contributed by atoms with van der Waals surface area (Å²) in [6.07, 6.45) is 3.17. The summed E-state index contributed by atoms with van der Waals surface area (Å²) in [5.74, 6) is -0.515. The summed E-state index contributed by atoms with van der Waals surface area (Å²) in [7, 11) is 1.30. The van der Waals surface area contributed by atoms with Gasteiger partial charge < -0.3 is 19.5 Å². The van der Waals surface area contributed by atoms with Crippen LogP contribution in [0, 0.1) is 5.92 Å². The van der Waals surface area contributed by atoms with Gasteiger partial charge in [-0.05, 0) is 12.0 Å². The smallest absolute Gasteiger partial charge is 0.328 e. The summed E-state index contributed by atoms with van der Waals surface area (Å²) in [4.78, 5) is 28.3. The quantitative estimate of drug-likeness (QED) is 0.794. The number of methoxy groups -OCH3 is 1. The van der Waals surface area contributed by atoms with E-state index in [0.29, 0.717) is 24.7 Å². The molecular formula is C17H24N2O5. The van der Waals surface area contributed by atoms with Crippen LogP contribution in [0.15, 0.2) is 18.3 Å². The minimum atomic E-state index is -0.699. The van der Waals surface area contributed by atoms with Crippen molar-refractivity contribution >= 4 is 11.9 Å². The predicted molar refractivity (Wildman–Crippen MR) is 86.8 cm³/mol. The second-order valence-corrected chi connectivity index (χ2v) is 6.03. The van der Waals surface area contributed by atoms with Crippen LogP contribution >= 0.6 is 0 Å². The number of carbonyl (C=O) groups excluding carboxylic acids is 2. The number of nitrogens with zero attached hydrogens (tertiary/aromatic N) is 1. The zero-order valence-electron chi connectivity index (χ0n) is 14.3. The highest BCUT2D eigenvalue weighted by Crippen LogP contribution is 2.17. The van der Waals surface area contributed by atoms with Crippen LogP contribution in [-0.4, -0.2) is 49.3 Å². The third kappa shape index (κ3) is 4.92. The third-order valence-electron chi connectivity index (χ3n) is 3.86. The lowest BCUT2D eigenvalue weighted by molar-refractivity contribution is -0.144. The van der Waals surface area contributed by atoms with Gasteiger partial charge in [0, 0.05) is 30.7 Å². The van der Waals surface area contributed by atoms with Gasteiger partial charge in [-0.1, -0.05) is 13.8 Å². The summed E-state index contributed by atoms with van der Waals surface area (Å²) >= 11 is 0. The molecule has 7 heteroatoms. The number of carbonyl (C=O) groups is 2. The van der Waals surface area contributed by atoms with Crippen LogP contribution in [0.5, 0.6) is 5.88 Å². The van der Waals surface area contributed by atoms with Crippen molar-refractivity contribution in [3.63, 3.8) is 0 Å². The number of esters is 1. The van der Waals surface area contributed by atoms with E-state index in [4.69, 9.17) is 14.2 Å². The van der Waals surface area contributed by atoms with Crippen LogP contribution in [-0.2, 0) is 14.3 Å². The second kappa shape index (κ2) is 8.63. The van der Waals surface area contributed by atoms with Gasteiger partial charge >= 0.3 is 5.97 Å². The van der Waals surface area contributed by atoms with Crippen molar-refractivity contribution in [3.8, 4) is 5.88 Å². The molecule has 0 saturated carbocycles. The van der Waals surface area contributed by atoms with Crippen molar-refractivity contribution in [3.05, 3.63) is 23.9 Å². The lowest BCUT2D eigenvalue weighted by Gasteiger charge is -2.23. The van der Waals surface area contributed by atoms with E-state index in [1.807, 2.05) is 13.8 Å². The minimum Gasteiger partial charge on any atom is -0.474 e. The first-order valence-electron chi connectivity index (χ1n) is 8.10. The Hall–Kier alpha value is -2.15.